The Bertz CT molecular complexity index is 768. The smallest absolute Gasteiger partial charge is 0.394 e. The molecule has 0 atom stereocenters. The molecule has 146 valence electrons. The van der Waals surface area contributed by atoms with Gasteiger partial charge >= 0.3 is 18.9 Å². The summed E-state index contributed by atoms with van der Waals surface area (Å²) in [5, 5.41) is 5.01. The zero-order chi connectivity index (χ0) is 20.5. The van der Waals surface area contributed by atoms with E-state index < -0.39 is 0 Å². The molecule has 0 radical (unpaired) electrons. The van der Waals surface area contributed by atoms with Gasteiger partial charge in [0.25, 0.3) is 0 Å². The molecule has 3 heteroatoms. The fourth-order valence-corrected chi connectivity index (χ4v) is 5.24. The second-order valence-corrected chi connectivity index (χ2v) is 12.4. The fourth-order valence-electron chi connectivity index (χ4n) is 2.94. The molecule has 0 aliphatic heterocycles. The third-order valence-corrected chi connectivity index (χ3v) is 6.60. The summed E-state index contributed by atoms with van der Waals surface area (Å²) in [4.78, 5) is 1.24. The predicted molar refractivity (Wildman–Crippen MR) is 126 cm³/mol. The molecule has 28 heavy (non-hydrogen) atoms. The van der Waals surface area contributed by atoms with Crippen LogP contribution < -0.4 is 24.2 Å². The van der Waals surface area contributed by atoms with E-state index in [1.54, 1.807) is 11.8 Å². The van der Waals surface area contributed by atoms with E-state index in [4.69, 9.17) is 0 Å². The van der Waals surface area contributed by atoms with E-state index >= 15 is 0 Å². The van der Waals surface area contributed by atoms with Crippen molar-refractivity contribution in [3.8, 4) is 0 Å². The molecule has 0 N–H and O–H groups in total. The van der Waals surface area contributed by atoms with E-state index in [0.717, 1.165) is 8.20 Å². The molecular weight excluding hydrogens is 370 g/mol. The van der Waals surface area contributed by atoms with E-state index in [0.29, 0.717) is 0 Å². The third-order valence-electron chi connectivity index (χ3n) is 4.66. The molecule has 0 nitrogen and oxygen atoms in total. The molecule has 0 bridgehead atoms. The molecule has 0 fully saturated rings. The van der Waals surface area contributed by atoms with Crippen LogP contribution in [-0.2, 0) is 16.2 Å². The number of hydrogen-bond donors (Lipinski definition) is 0. The molecule has 0 saturated heterocycles. The van der Waals surface area contributed by atoms with Gasteiger partial charge in [-0.2, -0.15) is 0 Å². The minimum absolute atomic E-state index is 0. The second-order valence-electron chi connectivity index (χ2n) is 10.3. The summed E-state index contributed by atoms with van der Waals surface area (Å²) in [6.07, 6.45) is 0. The first-order valence-corrected chi connectivity index (χ1v) is 11.4. The van der Waals surface area contributed by atoms with E-state index in [1.165, 1.54) is 26.9 Å². The van der Waals surface area contributed by atoms with Gasteiger partial charge in [0.05, 0.1) is 0 Å². The van der Waals surface area contributed by atoms with Crippen LogP contribution in [0.3, 0.4) is 0 Å². The molecule has 2 rings (SSSR count). The fraction of sp³-hybridized carbons (Fsp3) is 0.480. The zero-order valence-corrected chi connectivity index (χ0v) is 21.1. The normalized spacial score (nSPS) is 12.9. The van der Waals surface area contributed by atoms with Crippen molar-refractivity contribution >= 4 is 30.4 Å². The Balaban J connectivity index is 0.00000392. The van der Waals surface area contributed by atoms with Gasteiger partial charge in [0, 0.05) is 0 Å². The van der Waals surface area contributed by atoms with E-state index in [1.807, 2.05) is 0 Å². The van der Waals surface area contributed by atoms with Gasteiger partial charge in [-0.05, 0) is 43.1 Å². The Morgan fingerprint density at radius 3 is 1.57 bits per heavy atom. The topological polar surface area (TPSA) is 0 Å². The van der Waals surface area contributed by atoms with Gasteiger partial charge in [0.15, 0.2) is 0 Å². The number of benzene rings is 2. The summed E-state index contributed by atoms with van der Waals surface area (Å²) >= 11 is 1.70. The zero-order valence-electron chi connectivity index (χ0n) is 19.4. The van der Waals surface area contributed by atoms with Crippen LogP contribution in [0.5, 0.6) is 0 Å². The predicted octanol–water partition coefficient (Wildman–Crippen LogP) is 4.58. The first-order chi connectivity index (χ1) is 12.3. The second kappa shape index (κ2) is 9.58. The van der Waals surface area contributed by atoms with Crippen LogP contribution in [0.2, 0.25) is 0 Å². The summed E-state index contributed by atoms with van der Waals surface area (Å²) in [6.45, 7) is 20.9. The average Bonchev–Trinajstić information content (AvgIpc) is 2.52. The quantitative estimate of drug-likeness (QED) is 0.312. The van der Waals surface area contributed by atoms with Crippen LogP contribution in [0.25, 0.3) is 0 Å². The molecule has 0 heterocycles. The molecule has 0 aromatic heterocycles. The maximum atomic E-state index is 3.59. The minimum atomic E-state index is 0. The van der Waals surface area contributed by atoms with Crippen LogP contribution in [0.1, 0.15) is 79.0 Å². The van der Waals surface area contributed by atoms with Crippen molar-refractivity contribution in [3.63, 3.8) is 0 Å². The molecule has 0 spiro atoms. The van der Waals surface area contributed by atoms with Crippen LogP contribution in [0, 0.1) is 0 Å². The first-order valence-electron chi connectivity index (χ1n) is 9.67. The van der Waals surface area contributed by atoms with Crippen LogP contribution >= 0.6 is 20.0 Å². The summed E-state index contributed by atoms with van der Waals surface area (Å²) < 4.78 is 0. The van der Waals surface area contributed by atoms with Crippen LogP contribution in [-0.4, -0.2) is 5.13 Å². The van der Waals surface area contributed by atoms with Crippen molar-refractivity contribution in [3.05, 3.63) is 59.2 Å². The molecule has 2 aromatic carbocycles. The SMILES string of the molecule is CC(C)(C)c1cc(C(C)(C)C)c(P=[C-]Sc2ccccc2)c(C(C)(C)C)c1.[Li+]. The molecule has 2 aromatic rings. The van der Waals surface area contributed by atoms with Crippen molar-refractivity contribution in [1.29, 1.82) is 0 Å². The molecular formula is C25H34LiPS. The largest absolute Gasteiger partial charge is 1.00 e. The number of rotatable bonds is 3. The minimum Gasteiger partial charge on any atom is -0.394 e. The Hall–Kier alpha value is -0.443. The molecule has 0 saturated carbocycles. The number of thioether (sulfide) groups is 1. The Labute approximate surface area is 191 Å². The van der Waals surface area contributed by atoms with Crippen molar-refractivity contribution in [2.45, 2.75) is 83.5 Å². The van der Waals surface area contributed by atoms with Gasteiger partial charge in [0.1, 0.15) is 0 Å². The summed E-state index contributed by atoms with van der Waals surface area (Å²) in [5.41, 5.74) is 4.66. The summed E-state index contributed by atoms with van der Waals surface area (Å²) in [6, 6.07) is 15.4. The summed E-state index contributed by atoms with van der Waals surface area (Å²) in [7, 11) is 1.16. The van der Waals surface area contributed by atoms with E-state index in [2.05, 4.69) is 110 Å². The Kier molecular flexibility index (Phi) is 8.75. The van der Waals surface area contributed by atoms with Crippen molar-refractivity contribution < 1.29 is 18.9 Å². The van der Waals surface area contributed by atoms with Gasteiger partial charge in [0.2, 0.25) is 0 Å². The molecule has 0 aliphatic rings. The summed E-state index contributed by atoms with van der Waals surface area (Å²) in [5.74, 6) is 0. The maximum Gasteiger partial charge on any atom is 1.00 e. The molecule has 0 unspecified atom stereocenters. The van der Waals surface area contributed by atoms with Gasteiger partial charge in [-0.1, -0.05) is 105 Å². The van der Waals surface area contributed by atoms with Crippen molar-refractivity contribution in [1.82, 2.24) is 0 Å². The number of hydrogen-bond acceptors (Lipinski definition) is 1. The Morgan fingerprint density at radius 1 is 0.714 bits per heavy atom. The Morgan fingerprint density at radius 2 is 1.18 bits per heavy atom. The molecule has 0 amide bonds. The van der Waals surface area contributed by atoms with E-state index in [9.17, 15) is 0 Å². The van der Waals surface area contributed by atoms with Gasteiger partial charge < -0.3 is 16.9 Å². The van der Waals surface area contributed by atoms with Crippen LogP contribution in [0.4, 0.5) is 0 Å². The first kappa shape index (κ1) is 25.6. The van der Waals surface area contributed by atoms with Gasteiger partial charge in [-0.3, -0.25) is 8.20 Å². The average molecular weight is 405 g/mol. The maximum absolute atomic E-state index is 3.59. The van der Waals surface area contributed by atoms with Crippen molar-refractivity contribution in [2.24, 2.45) is 0 Å². The molecule has 0 aliphatic carbocycles. The monoisotopic (exact) mass is 404 g/mol. The van der Waals surface area contributed by atoms with Gasteiger partial charge in [-0.25, -0.2) is 0 Å². The standard InChI is InChI=1S/C25H34PS.Li/c1-23(2,3)18-15-20(24(4,5)6)22(21(16-18)25(7,8)9)26-17-27-19-13-11-10-12-14-19;/h10-16H,1-9H3;/q-1;+1. The van der Waals surface area contributed by atoms with Gasteiger partial charge in [-0.15, -0.1) is 0 Å². The third kappa shape index (κ3) is 6.81. The van der Waals surface area contributed by atoms with E-state index in [-0.39, 0.29) is 35.1 Å². The van der Waals surface area contributed by atoms with Crippen LogP contribution in [0.15, 0.2) is 47.4 Å². The van der Waals surface area contributed by atoms with Crippen molar-refractivity contribution in [2.75, 3.05) is 0 Å².